The number of hydrogen-bond donors (Lipinski definition) is 1. The van der Waals surface area contributed by atoms with Gasteiger partial charge in [0.05, 0.1) is 23.4 Å². The van der Waals surface area contributed by atoms with Crippen LogP contribution in [0.15, 0.2) is 22.7 Å². The molecule has 10 heteroatoms. The fourth-order valence-corrected chi connectivity index (χ4v) is 4.30. The molecule has 0 fully saturated rings. The molecule has 29 heavy (non-hydrogen) atoms. The van der Waals surface area contributed by atoms with Crippen LogP contribution in [0.1, 0.15) is 38.1 Å². The van der Waals surface area contributed by atoms with Gasteiger partial charge in [-0.05, 0) is 37.6 Å². The largest absolute Gasteiger partial charge is 0.462 e. The number of esters is 1. The number of nitrogens with one attached hydrogen (secondary N) is 1. The monoisotopic (exact) mass is 475 g/mol. The van der Waals surface area contributed by atoms with E-state index in [0.717, 1.165) is 16.2 Å². The minimum absolute atomic E-state index is 0.152. The Labute approximate surface area is 178 Å². The van der Waals surface area contributed by atoms with E-state index in [2.05, 4.69) is 21.2 Å². The van der Waals surface area contributed by atoms with Crippen LogP contribution in [0, 0.1) is 18.3 Å². The van der Waals surface area contributed by atoms with Crippen molar-refractivity contribution in [2.45, 2.75) is 13.8 Å². The lowest BCUT2D eigenvalue weighted by Crippen LogP contribution is -2.37. The summed E-state index contributed by atoms with van der Waals surface area (Å²) in [6.45, 7) is 3.03. The number of halogens is 1. The molecule has 1 N–H and O–H groups in total. The number of Topliss-reactive ketones (excluding diaryl/α,β-unsaturated/α-hetero) is 1. The minimum Gasteiger partial charge on any atom is -0.462 e. The Morgan fingerprint density at radius 2 is 2.07 bits per heavy atom. The third-order valence-electron chi connectivity index (χ3n) is 4.21. The second kappa shape index (κ2) is 8.14. The fourth-order valence-electron chi connectivity index (χ4n) is 2.87. The molecule has 0 atom stereocenters. The number of nitrogens with zero attached hydrogens (tertiary/aromatic N) is 2. The molecular weight excluding hydrogens is 462 g/mol. The van der Waals surface area contributed by atoms with Gasteiger partial charge in [-0.25, -0.2) is 4.79 Å². The maximum atomic E-state index is 12.5. The third-order valence-corrected chi connectivity index (χ3v) is 5.89. The Morgan fingerprint density at radius 1 is 1.34 bits per heavy atom. The summed E-state index contributed by atoms with van der Waals surface area (Å²) in [5, 5.41) is 12.1. The van der Waals surface area contributed by atoms with Crippen LogP contribution < -0.4 is 10.2 Å². The van der Waals surface area contributed by atoms with Crippen molar-refractivity contribution in [2.75, 3.05) is 23.4 Å². The zero-order valence-electron chi connectivity index (χ0n) is 15.4. The van der Waals surface area contributed by atoms with Gasteiger partial charge < -0.3 is 10.1 Å². The number of carbonyl (C=O) groups excluding carboxylic acids is 4. The number of fused-ring (bicyclic) bond motifs is 1. The predicted molar refractivity (Wildman–Crippen MR) is 109 cm³/mol. The van der Waals surface area contributed by atoms with E-state index in [1.165, 1.54) is 6.07 Å². The molecule has 0 unspecified atom stereocenters. The minimum atomic E-state index is -0.802. The van der Waals surface area contributed by atoms with E-state index in [1.807, 2.05) is 6.07 Å². The molecule has 1 aliphatic heterocycles. The number of ketones is 1. The molecule has 1 aromatic heterocycles. The smallest absolute Gasteiger partial charge is 0.348 e. The number of carbonyl (C=O) groups is 4. The molecule has 0 radical (unpaired) electrons. The van der Waals surface area contributed by atoms with Crippen LogP contribution in [0.5, 0.6) is 0 Å². The molecule has 1 aromatic carbocycles. The van der Waals surface area contributed by atoms with Crippen molar-refractivity contribution in [1.82, 2.24) is 0 Å². The average Bonchev–Trinajstić information content (AvgIpc) is 3.11. The first-order chi connectivity index (χ1) is 13.8. The topological polar surface area (TPSA) is 117 Å². The van der Waals surface area contributed by atoms with Gasteiger partial charge in [0.25, 0.3) is 11.7 Å². The van der Waals surface area contributed by atoms with E-state index in [9.17, 15) is 24.4 Å². The molecule has 0 saturated carbocycles. The lowest BCUT2D eigenvalue weighted by molar-refractivity contribution is -0.118. The van der Waals surface area contributed by atoms with Crippen LogP contribution in [0.4, 0.5) is 10.7 Å². The third kappa shape index (κ3) is 3.79. The molecule has 2 amide bonds. The van der Waals surface area contributed by atoms with Gasteiger partial charge in [0.15, 0.2) is 0 Å². The Bertz CT molecular complexity index is 1100. The van der Waals surface area contributed by atoms with Crippen molar-refractivity contribution in [2.24, 2.45) is 0 Å². The van der Waals surface area contributed by atoms with Gasteiger partial charge in [-0.15, -0.1) is 11.3 Å². The highest BCUT2D eigenvalue weighted by atomic mass is 79.9. The van der Waals surface area contributed by atoms with E-state index in [1.54, 1.807) is 26.0 Å². The number of benzene rings is 1. The van der Waals surface area contributed by atoms with Crippen LogP contribution in [0.2, 0.25) is 0 Å². The van der Waals surface area contributed by atoms with Crippen molar-refractivity contribution < 1.29 is 23.9 Å². The van der Waals surface area contributed by atoms with E-state index < -0.39 is 30.1 Å². The second-order valence-electron chi connectivity index (χ2n) is 6.02. The number of amides is 2. The number of anilines is 2. The lowest BCUT2D eigenvalue weighted by Gasteiger charge is -2.15. The second-order valence-corrected chi connectivity index (χ2v) is 7.96. The number of rotatable bonds is 5. The zero-order chi connectivity index (χ0) is 21.3. The molecule has 3 rings (SSSR count). The van der Waals surface area contributed by atoms with Gasteiger partial charge in [-0.2, -0.15) is 5.26 Å². The summed E-state index contributed by atoms with van der Waals surface area (Å²) < 4.78 is 5.61. The summed E-state index contributed by atoms with van der Waals surface area (Å²) in [5.74, 6) is -2.67. The van der Waals surface area contributed by atoms with Crippen LogP contribution in [0.3, 0.4) is 0 Å². The zero-order valence-corrected chi connectivity index (χ0v) is 17.8. The summed E-state index contributed by atoms with van der Waals surface area (Å²) in [4.78, 5) is 50.3. The number of ether oxygens (including phenoxy) is 1. The Morgan fingerprint density at radius 3 is 2.72 bits per heavy atom. The molecular formula is C19H14BrN3O5S. The highest BCUT2D eigenvalue weighted by molar-refractivity contribution is 9.10. The summed E-state index contributed by atoms with van der Waals surface area (Å²) in [6, 6.07) is 6.73. The quantitative estimate of drug-likeness (QED) is 0.524. The lowest BCUT2D eigenvalue weighted by atomic mass is 10.1. The maximum absolute atomic E-state index is 12.5. The van der Waals surface area contributed by atoms with Crippen LogP contribution in [-0.4, -0.2) is 36.7 Å². The highest BCUT2D eigenvalue weighted by Crippen LogP contribution is 2.34. The van der Waals surface area contributed by atoms with E-state index >= 15 is 0 Å². The average molecular weight is 476 g/mol. The van der Waals surface area contributed by atoms with Gasteiger partial charge in [0.2, 0.25) is 5.91 Å². The predicted octanol–water partition coefficient (Wildman–Crippen LogP) is 3.04. The molecule has 0 aliphatic carbocycles. The van der Waals surface area contributed by atoms with Crippen molar-refractivity contribution in [3.05, 3.63) is 44.2 Å². The van der Waals surface area contributed by atoms with Crippen LogP contribution in [0.25, 0.3) is 0 Å². The first-order valence-electron chi connectivity index (χ1n) is 8.44. The molecule has 2 heterocycles. The van der Waals surface area contributed by atoms with Gasteiger partial charge in [0.1, 0.15) is 22.5 Å². The molecule has 1 aliphatic rings. The first kappa shape index (κ1) is 20.7. The molecule has 148 valence electrons. The van der Waals surface area contributed by atoms with Gasteiger partial charge in [-0.1, -0.05) is 15.9 Å². The van der Waals surface area contributed by atoms with Crippen molar-refractivity contribution in [3.8, 4) is 6.07 Å². The van der Waals surface area contributed by atoms with E-state index in [0.29, 0.717) is 15.7 Å². The summed E-state index contributed by atoms with van der Waals surface area (Å²) in [5.41, 5.74) is 1.12. The molecule has 0 bridgehead atoms. The number of thiophene rings is 1. The summed E-state index contributed by atoms with van der Waals surface area (Å²) in [6.07, 6.45) is 0. The summed E-state index contributed by atoms with van der Waals surface area (Å²) >= 11 is 4.18. The van der Waals surface area contributed by atoms with Gasteiger partial charge in [0, 0.05) is 4.47 Å². The molecule has 8 nitrogen and oxygen atoms in total. The van der Waals surface area contributed by atoms with Crippen molar-refractivity contribution >= 4 is 61.5 Å². The molecule has 2 aromatic rings. The summed E-state index contributed by atoms with van der Waals surface area (Å²) in [7, 11) is 0. The van der Waals surface area contributed by atoms with Crippen LogP contribution in [-0.2, 0) is 14.3 Å². The maximum Gasteiger partial charge on any atom is 0.348 e. The van der Waals surface area contributed by atoms with E-state index in [-0.39, 0.29) is 27.6 Å². The standard InChI is InChI=1S/C19H14BrN3O5S/c1-3-28-19(27)16-9(2)12(7-21)17(29-16)22-14(24)8-23-13-5-4-10(20)6-11(13)15(25)18(23)26/h4-6H,3,8H2,1-2H3,(H,22,24). The fraction of sp³-hybridized carbons (Fsp3) is 0.211. The Kier molecular flexibility index (Phi) is 5.81. The van der Waals surface area contributed by atoms with E-state index in [4.69, 9.17) is 4.74 Å². The molecule has 0 saturated heterocycles. The van der Waals surface area contributed by atoms with Crippen molar-refractivity contribution in [3.63, 3.8) is 0 Å². The van der Waals surface area contributed by atoms with Gasteiger partial charge >= 0.3 is 5.97 Å². The highest BCUT2D eigenvalue weighted by Gasteiger charge is 2.37. The van der Waals surface area contributed by atoms with Crippen LogP contribution >= 0.6 is 27.3 Å². The SMILES string of the molecule is CCOC(=O)c1sc(NC(=O)CN2C(=O)C(=O)c3cc(Br)ccc32)c(C#N)c1C. The number of nitriles is 1. The first-order valence-corrected chi connectivity index (χ1v) is 10.1. The molecule has 0 spiro atoms. The Balaban J connectivity index is 1.83. The Hall–Kier alpha value is -3.03. The number of hydrogen-bond acceptors (Lipinski definition) is 7. The van der Waals surface area contributed by atoms with Gasteiger partial charge in [-0.3, -0.25) is 19.3 Å². The van der Waals surface area contributed by atoms with Crippen molar-refractivity contribution in [1.29, 1.82) is 5.26 Å². The normalized spacial score (nSPS) is 12.6.